The SMILES string of the molecule is CCC(CC)=C(C)C(=O)OC(=O)CC(=O)O. The molecule has 1 N–H and O–H groups in total. The van der Waals surface area contributed by atoms with Crippen molar-refractivity contribution in [3.8, 4) is 0 Å². The van der Waals surface area contributed by atoms with Crippen LogP contribution >= 0.6 is 0 Å². The normalized spacial score (nSPS) is 9.44. The molecule has 0 aromatic rings. The van der Waals surface area contributed by atoms with E-state index >= 15 is 0 Å². The van der Waals surface area contributed by atoms with Gasteiger partial charge in [-0.2, -0.15) is 0 Å². The Hall–Kier alpha value is -1.65. The fourth-order valence-corrected chi connectivity index (χ4v) is 1.26. The second-order valence-electron chi connectivity index (χ2n) is 3.27. The number of rotatable bonds is 5. The second-order valence-corrected chi connectivity index (χ2v) is 3.27. The van der Waals surface area contributed by atoms with E-state index in [1.165, 1.54) is 0 Å². The maximum atomic E-state index is 11.4. The molecule has 0 bridgehead atoms. The van der Waals surface area contributed by atoms with Crippen LogP contribution in [0.25, 0.3) is 0 Å². The highest BCUT2D eigenvalue weighted by Gasteiger charge is 2.16. The minimum Gasteiger partial charge on any atom is -0.481 e. The lowest BCUT2D eigenvalue weighted by Crippen LogP contribution is -2.17. The van der Waals surface area contributed by atoms with Gasteiger partial charge >= 0.3 is 17.9 Å². The number of allylic oxidation sites excluding steroid dienone is 1. The molecule has 0 aliphatic heterocycles. The third-order valence-electron chi connectivity index (χ3n) is 2.19. The van der Waals surface area contributed by atoms with Crippen LogP contribution in [0.3, 0.4) is 0 Å². The zero-order chi connectivity index (χ0) is 12.7. The summed E-state index contributed by atoms with van der Waals surface area (Å²) in [5.74, 6) is -3.11. The molecule has 90 valence electrons. The third-order valence-corrected chi connectivity index (χ3v) is 2.19. The second kappa shape index (κ2) is 6.76. The number of carbonyl (C=O) groups excluding carboxylic acids is 2. The van der Waals surface area contributed by atoms with Gasteiger partial charge in [0.25, 0.3) is 0 Å². The highest BCUT2D eigenvalue weighted by molar-refractivity contribution is 6.00. The van der Waals surface area contributed by atoms with Gasteiger partial charge in [0.1, 0.15) is 6.42 Å². The Kier molecular flexibility index (Phi) is 6.07. The first-order chi connectivity index (χ1) is 7.42. The first-order valence-corrected chi connectivity index (χ1v) is 5.07. The highest BCUT2D eigenvalue weighted by Crippen LogP contribution is 2.13. The van der Waals surface area contributed by atoms with E-state index in [0.29, 0.717) is 18.4 Å². The first kappa shape index (κ1) is 14.3. The Balaban J connectivity index is 4.52. The molecule has 0 rings (SSSR count). The van der Waals surface area contributed by atoms with Crippen molar-refractivity contribution < 1.29 is 24.2 Å². The fourth-order valence-electron chi connectivity index (χ4n) is 1.26. The van der Waals surface area contributed by atoms with Gasteiger partial charge in [0, 0.05) is 5.57 Å². The van der Waals surface area contributed by atoms with Crippen LogP contribution in [0.1, 0.15) is 40.0 Å². The van der Waals surface area contributed by atoms with Crippen LogP contribution in [0.4, 0.5) is 0 Å². The molecule has 0 aliphatic carbocycles. The molecule has 0 saturated carbocycles. The minimum absolute atomic E-state index is 0.378. The van der Waals surface area contributed by atoms with Crippen molar-refractivity contribution in [3.05, 3.63) is 11.1 Å². The van der Waals surface area contributed by atoms with E-state index in [1.807, 2.05) is 13.8 Å². The van der Waals surface area contributed by atoms with Crippen molar-refractivity contribution in [2.75, 3.05) is 0 Å². The summed E-state index contributed by atoms with van der Waals surface area (Å²) in [7, 11) is 0. The summed E-state index contributed by atoms with van der Waals surface area (Å²) in [6.45, 7) is 5.36. The van der Waals surface area contributed by atoms with Crippen LogP contribution in [0.5, 0.6) is 0 Å². The number of hydrogen-bond acceptors (Lipinski definition) is 4. The van der Waals surface area contributed by atoms with Gasteiger partial charge in [-0.25, -0.2) is 4.79 Å². The molecular formula is C11H16O5. The van der Waals surface area contributed by atoms with Crippen molar-refractivity contribution >= 4 is 17.9 Å². The molecule has 0 heterocycles. The number of ether oxygens (including phenoxy) is 1. The molecule has 0 spiro atoms. The van der Waals surface area contributed by atoms with Crippen LogP contribution in [0, 0.1) is 0 Å². The van der Waals surface area contributed by atoms with Crippen LogP contribution in [0.15, 0.2) is 11.1 Å². The van der Waals surface area contributed by atoms with Crippen molar-refractivity contribution in [1.82, 2.24) is 0 Å². The van der Waals surface area contributed by atoms with Gasteiger partial charge in [-0.3, -0.25) is 9.59 Å². The topological polar surface area (TPSA) is 80.7 Å². The first-order valence-electron chi connectivity index (χ1n) is 5.07. The lowest BCUT2D eigenvalue weighted by molar-refractivity contribution is -0.159. The lowest BCUT2D eigenvalue weighted by Gasteiger charge is -2.06. The fraction of sp³-hybridized carbons (Fsp3) is 0.545. The molecule has 5 nitrogen and oxygen atoms in total. The van der Waals surface area contributed by atoms with Crippen molar-refractivity contribution in [1.29, 1.82) is 0 Å². The summed E-state index contributed by atoms with van der Waals surface area (Å²) in [5, 5.41) is 8.31. The van der Waals surface area contributed by atoms with Crippen LogP contribution in [0.2, 0.25) is 0 Å². The number of hydrogen-bond donors (Lipinski definition) is 1. The molecule has 0 amide bonds. The van der Waals surface area contributed by atoms with Gasteiger partial charge in [-0.05, 0) is 19.8 Å². The van der Waals surface area contributed by atoms with Gasteiger partial charge in [0.2, 0.25) is 0 Å². The van der Waals surface area contributed by atoms with E-state index in [4.69, 9.17) is 5.11 Å². The number of carboxylic acid groups (broad SMARTS) is 1. The monoisotopic (exact) mass is 228 g/mol. The van der Waals surface area contributed by atoms with Gasteiger partial charge in [0.15, 0.2) is 0 Å². The standard InChI is InChI=1S/C11H16O5/c1-4-8(5-2)7(3)11(15)16-10(14)6-9(12)13/h4-6H2,1-3H3,(H,12,13). The molecule has 0 aliphatic rings. The number of carbonyl (C=O) groups is 3. The Morgan fingerprint density at radius 1 is 1.12 bits per heavy atom. The Morgan fingerprint density at radius 2 is 1.62 bits per heavy atom. The average molecular weight is 228 g/mol. The molecule has 0 fully saturated rings. The minimum atomic E-state index is -1.31. The summed E-state index contributed by atoms with van der Waals surface area (Å²) in [6.07, 6.45) is 0.599. The average Bonchev–Trinajstić information content (AvgIpc) is 2.17. The van der Waals surface area contributed by atoms with Crippen LogP contribution in [-0.2, 0) is 19.1 Å². The molecular weight excluding hydrogens is 212 g/mol. The van der Waals surface area contributed by atoms with Crippen molar-refractivity contribution in [2.24, 2.45) is 0 Å². The zero-order valence-corrected chi connectivity index (χ0v) is 9.70. The summed E-state index contributed by atoms with van der Waals surface area (Å²) >= 11 is 0. The smallest absolute Gasteiger partial charge is 0.341 e. The number of carboxylic acids is 1. The van der Waals surface area contributed by atoms with E-state index in [0.717, 1.165) is 5.57 Å². The Morgan fingerprint density at radius 3 is 2.00 bits per heavy atom. The molecule has 0 aromatic carbocycles. The Labute approximate surface area is 94.1 Å². The van der Waals surface area contributed by atoms with Gasteiger partial charge in [-0.1, -0.05) is 19.4 Å². The predicted molar refractivity (Wildman–Crippen MR) is 56.6 cm³/mol. The molecule has 0 atom stereocenters. The highest BCUT2D eigenvalue weighted by atomic mass is 16.6. The van der Waals surface area contributed by atoms with E-state index in [2.05, 4.69) is 4.74 Å². The van der Waals surface area contributed by atoms with Crippen LogP contribution in [-0.4, -0.2) is 23.0 Å². The molecule has 5 heteroatoms. The van der Waals surface area contributed by atoms with Crippen LogP contribution < -0.4 is 0 Å². The summed E-state index contributed by atoms with van der Waals surface area (Å²) in [4.78, 5) is 32.5. The molecule has 16 heavy (non-hydrogen) atoms. The largest absolute Gasteiger partial charge is 0.481 e. The molecule has 0 unspecified atom stereocenters. The van der Waals surface area contributed by atoms with E-state index in [9.17, 15) is 14.4 Å². The number of esters is 2. The maximum Gasteiger partial charge on any atom is 0.341 e. The van der Waals surface area contributed by atoms with Crippen molar-refractivity contribution in [2.45, 2.75) is 40.0 Å². The third kappa shape index (κ3) is 4.72. The van der Waals surface area contributed by atoms with Gasteiger partial charge in [-0.15, -0.1) is 0 Å². The molecule has 0 aromatic heterocycles. The van der Waals surface area contributed by atoms with Gasteiger partial charge < -0.3 is 9.84 Å². The summed E-state index contributed by atoms with van der Waals surface area (Å²) in [5.41, 5.74) is 1.27. The maximum absolute atomic E-state index is 11.4. The summed E-state index contributed by atoms with van der Waals surface area (Å²) < 4.78 is 4.39. The lowest BCUT2D eigenvalue weighted by atomic mass is 10.1. The predicted octanol–water partition coefficient (Wildman–Crippen LogP) is 1.67. The zero-order valence-electron chi connectivity index (χ0n) is 9.70. The molecule has 0 saturated heterocycles. The van der Waals surface area contributed by atoms with Gasteiger partial charge in [0.05, 0.1) is 0 Å². The van der Waals surface area contributed by atoms with Crippen molar-refractivity contribution in [3.63, 3.8) is 0 Å². The Bertz CT molecular complexity index is 321. The van der Waals surface area contributed by atoms with E-state index in [-0.39, 0.29) is 0 Å². The molecule has 0 radical (unpaired) electrons. The number of aliphatic carboxylic acids is 1. The van der Waals surface area contributed by atoms with E-state index < -0.39 is 24.3 Å². The van der Waals surface area contributed by atoms with E-state index in [1.54, 1.807) is 6.92 Å². The quantitative estimate of drug-likeness (QED) is 0.439. The summed E-state index contributed by atoms with van der Waals surface area (Å²) in [6, 6.07) is 0.